The van der Waals surface area contributed by atoms with Crippen molar-refractivity contribution < 1.29 is 14.3 Å². The zero-order valence-corrected chi connectivity index (χ0v) is 11.4. The Hall–Kier alpha value is -2.09. The highest BCUT2D eigenvalue weighted by Gasteiger charge is 2.31. The summed E-state index contributed by atoms with van der Waals surface area (Å²) in [5.41, 5.74) is 0.0275. The molecule has 0 radical (unpaired) electrons. The molecule has 1 amide bonds. The molecule has 0 aliphatic rings. The summed E-state index contributed by atoms with van der Waals surface area (Å²) in [5, 5.41) is 18.1. The van der Waals surface area contributed by atoms with Crippen molar-refractivity contribution in [1.82, 2.24) is 4.90 Å². The Labute approximate surface area is 112 Å². The van der Waals surface area contributed by atoms with Gasteiger partial charge in [-0.05, 0) is 51.5 Å². The van der Waals surface area contributed by atoms with Crippen molar-refractivity contribution in [1.29, 1.82) is 5.26 Å². The number of hydrogen-bond donors (Lipinski definition) is 1. The highest BCUT2D eigenvalue weighted by molar-refractivity contribution is 5.67. The molecule has 5 heteroatoms. The smallest absolute Gasteiger partial charge is 0.408 e. The van der Waals surface area contributed by atoms with Gasteiger partial charge in [-0.2, -0.15) is 5.26 Å². The maximum absolute atomic E-state index is 13.4. The van der Waals surface area contributed by atoms with E-state index in [9.17, 15) is 14.3 Å². The number of nitrogens with zero attached hydrogens (tertiary/aromatic N) is 2. The Kier molecular flexibility index (Phi) is 4.15. The minimum atomic E-state index is -1.08. The van der Waals surface area contributed by atoms with E-state index < -0.39 is 23.5 Å². The molecule has 0 heterocycles. The second-order valence-corrected chi connectivity index (χ2v) is 5.38. The first kappa shape index (κ1) is 15.0. The lowest BCUT2D eigenvalue weighted by atomic mass is 9.98. The van der Waals surface area contributed by atoms with Crippen LogP contribution in [0.25, 0.3) is 0 Å². The molecular weight excluding hydrogens is 247 g/mol. The van der Waals surface area contributed by atoms with Crippen LogP contribution in [-0.2, 0) is 0 Å². The minimum Gasteiger partial charge on any atom is -0.465 e. The zero-order chi connectivity index (χ0) is 14.8. The van der Waals surface area contributed by atoms with Crippen LogP contribution in [0.3, 0.4) is 0 Å². The Morgan fingerprint density at radius 2 is 2.00 bits per heavy atom. The Bertz CT molecular complexity index is 529. The summed E-state index contributed by atoms with van der Waals surface area (Å²) >= 11 is 0. The van der Waals surface area contributed by atoms with E-state index >= 15 is 0 Å². The molecular formula is C14H17FN2O2. The predicted octanol–water partition coefficient (Wildman–Crippen LogP) is 3.54. The highest BCUT2D eigenvalue weighted by Crippen LogP contribution is 2.29. The Balaban J connectivity index is 3.25. The monoisotopic (exact) mass is 264 g/mol. The largest absolute Gasteiger partial charge is 0.465 e. The molecule has 0 spiro atoms. The standard InChI is InChI=1S/C14H17FN2O2/c1-9(17(13(18)19)14(2,3)4)11-5-10(8-16)6-12(15)7-11/h5-7,9H,1-4H3,(H,18,19). The Morgan fingerprint density at radius 3 is 2.42 bits per heavy atom. The predicted molar refractivity (Wildman–Crippen MR) is 69.1 cm³/mol. The third kappa shape index (κ3) is 3.44. The molecule has 0 aliphatic carbocycles. The summed E-state index contributed by atoms with van der Waals surface area (Å²) in [4.78, 5) is 12.6. The average molecular weight is 264 g/mol. The first-order valence-corrected chi connectivity index (χ1v) is 5.89. The van der Waals surface area contributed by atoms with Gasteiger partial charge in [0, 0.05) is 5.54 Å². The number of carbonyl (C=O) groups is 1. The molecule has 1 unspecified atom stereocenters. The Morgan fingerprint density at radius 1 is 1.42 bits per heavy atom. The van der Waals surface area contributed by atoms with Crippen molar-refractivity contribution in [2.75, 3.05) is 0 Å². The molecule has 1 atom stereocenters. The average Bonchev–Trinajstić information content (AvgIpc) is 2.25. The summed E-state index contributed by atoms with van der Waals surface area (Å²) < 4.78 is 13.4. The summed E-state index contributed by atoms with van der Waals surface area (Å²) in [6.07, 6.45) is -1.08. The quantitative estimate of drug-likeness (QED) is 0.888. The van der Waals surface area contributed by atoms with Crippen LogP contribution in [0.2, 0.25) is 0 Å². The number of carboxylic acid groups (broad SMARTS) is 1. The fraction of sp³-hybridized carbons (Fsp3) is 0.429. The molecule has 0 saturated carbocycles. The molecule has 19 heavy (non-hydrogen) atoms. The third-order valence-electron chi connectivity index (χ3n) is 2.85. The summed E-state index contributed by atoms with van der Waals surface area (Å²) in [6, 6.07) is 5.21. The second-order valence-electron chi connectivity index (χ2n) is 5.38. The SMILES string of the molecule is CC(c1cc(F)cc(C#N)c1)N(C(=O)O)C(C)(C)C. The molecule has 0 fully saturated rings. The lowest BCUT2D eigenvalue weighted by Crippen LogP contribution is -2.46. The van der Waals surface area contributed by atoms with Crippen molar-refractivity contribution in [3.63, 3.8) is 0 Å². The van der Waals surface area contributed by atoms with E-state index in [0.29, 0.717) is 5.56 Å². The van der Waals surface area contributed by atoms with Crippen molar-refractivity contribution in [3.05, 3.63) is 35.1 Å². The number of benzene rings is 1. The first-order chi connectivity index (χ1) is 8.66. The van der Waals surface area contributed by atoms with Crippen LogP contribution in [0.15, 0.2) is 18.2 Å². The fourth-order valence-corrected chi connectivity index (χ4v) is 2.10. The van der Waals surface area contributed by atoms with Crippen LogP contribution in [-0.4, -0.2) is 21.6 Å². The molecule has 0 saturated heterocycles. The van der Waals surface area contributed by atoms with Gasteiger partial charge in [-0.3, -0.25) is 4.90 Å². The first-order valence-electron chi connectivity index (χ1n) is 5.89. The van der Waals surface area contributed by atoms with Crippen molar-refractivity contribution in [3.8, 4) is 6.07 Å². The van der Waals surface area contributed by atoms with Gasteiger partial charge in [0.25, 0.3) is 0 Å². The highest BCUT2D eigenvalue weighted by atomic mass is 19.1. The van der Waals surface area contributed by atoms with Crippen LogP contribution in [0, 0.1) is 17.1 Å². The van der Waals surface area contributed by atoms with Crippen LogP contribution in [0.1, 0.15) is 44.9 Å². The van der Waals surface area contributed by atoms with E-state index in [0.717, 1.165) is 6.07 Å². The van der Waals surface area contributed by atoms with Gasteiger partial charge < -0.3 is 5.11 Å². The van der Waals surface area contributed by atoms with E-state index in [1.165, 1.54) is 17.0 Å². The van der Waals surface area contributed by atoms with Gasteiger partial charge in [0.05, 0.1) is 17.7 Å². The maximum Gasteiger partial charge on any atom is 0.408 e. The maximum atomic E-state index is 13.4. The van der Waals surface area contributed by atoms with Crippen LogP contribution < -0.4 is 0 Å². The molecule has 102 valence electrons. The van der Waals surface area contributed by atoms with Crippen molar-refractivity contribution >= 4 is 6.09 Å². The van der Waals surface area contributed by atoms with Crippen molar-refractivity contribution in [2.45, 2.75) is 39.3 Å². The number of nitriles is 1. The van der Waals surface area contributed by atoms with Gasteiger partial charge in [0.2, 0.25) is 0 Å². The zero-order valence-electron chi connectivity index (χ0n) is 11.4. The van der Waals surface area contributed by atoms with Crippen molar-refractivity contribution in [2.24, 2.45) is 0 Å². The van der Waals surface area contributed by atoms with E-state index in [1.807, 2.05) is 6.07 Å². The van der Waals surface area contributed by atoms with Gasteiger partial charge in [-0.25, -0.2) is 9.18 Å². The number of amides is 1. The molecule has 1 N–H and O–H groups in total. The second kappa shape index (κ2) is 5.27. The van der Waals surface area contributed by atoms with Gasteiger partial charge in [0.15, 0.2) is 0 Å². The fourth-order valence-electron chi connectivity index (χ4n) is 2.10. The number of halogens is 1. The van der Waals surface area contributed by atoms with Crippen LogP contribution in [0.5, 0.6) is 0 Å². The normalized spacial score (nSPS) is 12.6. The van der Waals surface area contributed by atoms with Gasteiger partial charge in [-0.15, -0.1) is 0 Å². The minimum absolute atomic E-state index is 0.182. The van der Waals surface area contributed by atoms with E-state index in [4.69, 9.17) is 5.26 Å². The molecule has 0 aliphatic heterocycles. The molecule has 1 aromatic rings. The van der Waals surface area contributed by atoms with E-state index in [2.05, 4.69) is 0 Å². The van der Waals surface area contributed by atoms with E-state index in [1.54, 1.807) is 27.7 Å². The number of rotatable bonds is 2. The molecule has 0 bridgehead atoms. The number of hydrogen-bond acceptors (Lipinski definition) is 2. The summed E-state index contributed by atoms with van der Waals surface area (Å²) in [7, 11) is 0. The van der Waals surface area contributed by atoms with Gasteiger partial charge in [-0.1, -0.05) is 0 Å². The van der Waals surface area contributed by atoms with Gasteiger partial charge >= 0.3 is 6.09 Å². The van der Waals surface area contributed by atoms with Crippen LogP contribution >= 0.6 is 0 Å². The summed E-state index contributed by atoms with van der Waals surface area (Å²) in [5.74, 6) is -0.542. The molecule has 0 aromatic heterocycles. The molecule has 1 rings (SSSR count). The summed E-state index contributed by atoms with van der Waals surface area (Å²) in [6.45, 7) is 6.97. The van der Waals surface area contributed by atoms with Gasteiger partial charge in [0.1, 0.15) is 5.82 Å². The third-order valence-corrected chi connectivity index (χ3v) is 2.85. The molecule has 4 nitrogen and oxygen atoms in total. The van der Waals surface area contributed by atoms with Crippen LogP contribution in [0.4, 0.5) is 9.18 Å². The lowest BCUT2D eigenvalue weighted by Gasteiger charge is -2.38. The lowest BCUT2D eigenvalue weighted by molar-refractivity contribution is 0.0752. The topological polar surface area (TPSA) is 64.3 Å². The molecule has 1 aromatic carbocycles. The van der Waals surface area contributed by atoms with E-state index in [-0.39, 0.29) is 5.56 Å².